The van der Waals surface area contributed by atoms with E-state index in [0.717, 1.165) is 82.1 Å². The van der Waals surface area contributed by atoms with E-state index in [-0.39, 0.29) is 0 Å². The van der Waals surface area contributed by atoms with Crippen LogP contribution in [-0.2, 0) is 0 Å². The minimum atomic E-state index is -1.33. The SMILES string of the molecule is CC(CC1CC([Si](C)(C)C2CC(C)C3C4CCCCC4CCC32)C2CC3CCCC3CC12)C1CCCCC1. The molecule has 0 amide bonds. The van der Waals surface area contributed by atoms with Gasteiger partial charge in [-0.25, -0.2) is 0 Å². The van der Waals surface area contributed by atoms with E-state index < -0.39 is 8.07 Å². The van der Waals surface area contributed by atoms with Crippen LogP contribution in [0.3, 0.4) is 0 Å². The lowest BCUT2D eigenvalue weighted by atomic mass is 9.61. The summed E-state index contributed by atoms with van der Waals surface area (Å²) in [6.07, 6.45) is 30.2. The Morgan fingerprint density at radius 1 is 0.579 bits per heavy atom. The van der Waals surface area contributed by atoms with E-state index in [4.69, 9.17) is 0 Å². The first kappa shape index (κ1) is 27.1. The Kier molecular flexibility index (Phi) is 7.70. The van der Waals surface area contributed by atoms with Gasteiger partial charge in [-0.05, 0) is 133 Å². The predicted octanol–water partition coefficient (Wildman–Crippen LogP) is 11.4. The molecular formula is C37H64Si. The molecule has 0 aromatic carbocycles. The molecule has 0 saturated heterocycles. The molecule has 0 aromatic rings. The molecule has 13 atom stereocenters. The van der Waals surface area contributed by atoms with Crippen LogP contribution in [0.1, 0.15) is 136 Å². The van der Waals surface area contributed by atoms with Crippen molar-refractivity contribution in [3.63, 3.8) is 0 Å². The van der Waals surface area contributed by atoms with Crippen LogP contribution < -0.4 is 0 Å². The summed E-state index contributed by atoms with van der Waals surface area (Å²) in [5, 5.41) is 0. The molecular weight excluding hydrogens is 472 g/mol. The summed E-state index contributed by atoms with van der Waals surface area (Å²) < 4.78 is 0. The highest BCUT2D eigenvalue weighted by atomic mass is 28.3. The van der Waals surface area contributed by atoms with Gasteiger partial charge in [-0.3, -0.25) is 0 Å². The minimum Gasteiger partial charge on any atom is -0.0689 e. The average Bonchev–Trinajstić information content (AvgIpc) is 3.64. The zero-order valence-corrected chi connectivity index (χ0v) is 27.0. The van der Waals surface area contributed by atoms with Crippen LogP contribution in [0.25, 0.3) is 0 Å². The smallest absolute Gasteiger partial charge is 0.0541 e. The molecule has 7 rings (SSSR count). The van der Waals surface area contributed by atoms with Gasteiger partial charge in [0, 0.05) is 0 Å². The molecule has 0 radical (unpaired) electrons. The van der Waals surface area contributed by atoms with Crippen molar-refractivity contribution >= 4 is 8.07 Å². The number of hydrogen-bond acceptors (Lipinski definition) is 0. The second kappa shape index (κ2) is 10.8. The lowest BCUT2D eigenvalue weighted by molar-refractivity contribution is 0.0519. The summed E-state index contributed by atoms with van der Waals surface area (Å²) in [5.74, 6) is 13.2. The Morgan fingerprint density at radius 3 is 2.03 bits per heavy atom. The normalized spacial score (nSPS) is 50.2. The standard InChI is InChI=1S/C37H64Si/c1-24(26-11-6-5-7-12-26)19-30-23-36(34-22-29-15-10-14-28(29)21-33(30)34)38(3,4)35-20-25(2)37-31-16-9-8-13-27(31)17-18-32(35)37/h24-37H,5-23H2,1-4H3. The molecule has 38 heavy (non-hydrogen) atoms. The van der Waals surface area contributed by atoms with E-state index in [0.29, 0.717) is 0 Å². The van der Waals surface area contributed by atoms with Crippen molar-refractivity contribution in [2.45, 2.75) is 160 Å². The molecule has 0 bridgehead atoms. The quantitative estimate of drug-likeness (QED) is 0.306. The maximum absolute atomic E-state index is 2.98. The fourth-order valence-corrected chi connectivity index (χ4v) is 19.6. The third-order valence-electron chi connectivity index (χ3n) is 15.9. The fourth-order valence-electron chi connectivity index (χ4n) is 14.2. The number of hydrogen-bond donors (Lipinski definition) is 0. The van der Waals surface area contributed by atoms with Crippen molar-refractivity contribution in [3.8, 4) is 0 Å². The van der Waals surface area contributed by atoms with Gasteiger partial charge in [0.2, 0.25) is 0 Å². The van der Waals surface area contributed by atoms with Crippen molar-refractivity contribution in [1.29, 1.82) is 0 Å². The Hall–Kier alpha value is 0.217. The molecule has 1 heteroatoms. The highest BCUT2D eigenvalue weighted by Gasteiger charge is 2.60. The first-order valence-corrected chi connectivity index (χ1v) is 21.6. The molecule has 7 aliphatic carbocycles. The van der Waals surface area contributed by atoms with E-state index in [1.807, 2.05) is 0 Å². The minimum absolute atomic E-state index is 1.00. The van der Waals surface area contributed by atoms with Gasteiger partial charge in [-0.2, -0.15) is 0 Å². The summed E-state index contributed by atoms with van der Waals surface area (Å²) in [6.45, 7) is 11.4. The van der Waals surface area contributed by atoms with Crippen molar-refractivity contribution in [2.75, 3.05) is 0 Å². The average molecular weight is 537 g/mol. The van der Waals surface area contributed by atoms with Gasteiger partial charge in [-0.1, -0.05) is 97.6 Å². The lowest BCUT2D eigenvalue weighted by Gasteiger charge is -2.49. The van der Waals surface area contributed by atoms with Gasteiger partial charge >= 0.3 is 0 Å². The molecule has 0 N–H and O–H groups in total. The van der Waals surface area contributed by atoms with Gasteiger partial charge in [-0.15, -0.1) is 0 Å². The molecule has 7 fully saturated rings. The zero-order chi connectivity index (χ0) is 26.0. The summed E-state index contributed by atoms with van der Waals surface area (Å²) in [4.78, 5) is 0. The van der Waals surface area contributed by atoms with Crippen molar-refractivity contribution < 1.29 is 0 Å². The van der Waals surface area contributed by atoms with Gasteiger partial charge < -0.3 is 0 Å². The van der Waals surface area contributed by atoms with Crippen LogP contribution in [0, 0.1) is 71.0 Å². The second-order valence-electron chi connectivity index (χ2n) is 17.6. The Bertz CT molecular complexity index is 810. The van der Waals surface area contributed by atoms with E-state index in [1.54, 1.807) is 103 Å². The van der Waals surface area contributed by atoms with Crippen molar-refractivity contribution in [1.82, 2.24) is 0 Å². The topological polar surface area (TPSA) is 0 Å². The molecule has 0 nitrogen and oxygen atoms in total. The molecule has 7 aliphatic rings. The first-order valence-electron chi connectivity index (χ1n) is 18.4. The van der Waals surface area contributed by atoms with Crippen LogP contribution in [0.2, 0.25) is 24.2 Å². The first-order chi connectivity index (χ1) is 18.4. The molecule has 0 heterocycles. The third kappa shape index (κ3) is 4.66. The third-order valence-corrected chi connectivity index (χ3v) is 21.0. The lowest BCUT2D eigenvalue weighted by Crippen LogP contribution is -2.46. The summed E-state index contributed by atoms with van der Waals surface area (Å²) in [5.41, 5.74) is 2.32. The van der Waals surface area contributed by atoms with Crippen LogP contribution >= 0.6 is 0 Å². The molecule has 7 saturated carbocycles. The van der Waals surface area contributed by atoms with Gasteiger partial charge in [0.25, 0.3) is 0 Å². The molecule has 216 valence electrons. The van der Waals surface area contributed by atoms with Gasteiger partial charge in [0.05, 0.1) is 8.07 Å². The Morgan fingerprint density at radius 2 is 1.24 bits per heavy atom. The van der Waals surface area contributed by atoms with Gasteiger partial charge in [0.15, 0.2) is 0 Å². The Labute approximate surface area is 238 Å². The van der Waals surface area contributed by atoms with Crippen LogP contribution in [0.15, 0.2) is 0 Å². The summed E-state index contributed by atoms with van der Waals surface area (Å²) in [7, 11) is -1.33. The Balaban J connectivity index is 1.12. The molecule has 0 aromatic heterocycles. The predicted molar refractivity (Wildman–Crippen MR) is 166 cm³/mol. The molecule has 0 spiro atoms. The van der Waals surface area contributed by atoms with Crippen molar-refractivity contribution in [2.24, 2.45) is 71.0 Å². The van der Waals surface area contributed by atoms with E-state index >= 15 is 0 Å². The maximum atomic E-state index is 2.98. The molecule has 13 unspecified atom stereocenters. The van der Waals surface area contributed by atoms with Gasteiger partial charge in [0.1, 0.15) is 0 Å². The zero-order valence-electron chi connectivity index (χ0n) is 26.0. The van der Waals surface area contributed by atoms with Crippen molar-refractivity contribution in [3.05, 3.63) is 0 Å². The summed E-state index contributed by atoms with van der Waals surface area (Å²) in [6, 6.07) is 0. The largest absolute Gasteiger partial charge is 0.0689 e. The second-order valence-corrected chi connectivity index (χ2v) is 22.8. The van der Waals surface area contributed by atoms with E-state index in [1.165, 1.54) is 19.3 Å². The fraction of sp³-hybridized carbons (Fsp3) is 1.00. The highest BCUT2D eigenvalue weighted by molar-refractivity contribution is 6.80. The van der Waals surface area contributed by atoms with Crippen LogP contribution in [0.5, 0.6) is 0 Å². The monoisotopic (exact) mass is 536 g/mol. The maximum Gasteiger partial charge on any atom is 0.0541 e. The number of fused-ring (bicyclic) bond motifs is 5. The van der Waals surface area contributed by atoms with E-state index in [9.17, 15) is 0 Å². The molecule has 0 aliphatic heterocycles. The highest BCUT2D eigenvalue weighted by Crippen LogP contribution is 2.68. The summed E-state index contributed by atoms with van der Waals surface area (Å²) >= 11 is 0. The van der Waals surface area contributed by atoms with Crippen LogP contribution in [0.4, 0.5) is 0 Å². The van der Waals surface area contributed by atoms with E-state index in [2.05, 4.69) is 26.9 Å². The van der Waals surface area contributed by atoms with Crippen LogP contribution in [-0.4, -0.2) is 8.07 Å². The number of rotatable bonds is 5.